The minimum Gasteiger partial charge on any atom is -0.328 e. The second-order valence-corrected chi connectivity index (χ2v) is 6.26. The highest BCUT2D eigenvalue weighted by Gasteiger charge is 2.16. The molecule has 0 saturated heterocycles. The van der Waals surface area contributed by atoms with Gasteiger partial charge in [-0.2, -0.15) is 0 Å². The van der Waals surface area contributed by atoms with Crippen molar-refractivity contribution in [3.63, 3.8) is 0 Å². The van der Waals surface area contributed by atoms with Crippen LogP contribution in [0.25, 0.3) is 0 Å². The lowest BCUT2D eigenvalue weighted by molar-refractivity contribution is 0.589. The molecular formula is C13H18N4S. The van der Waals surface area contributed by atoms with Crippen molar-refractivity contribution >= 4 is 22.4 Å². The smallest absolute Gasteiger partial charge is 0.229 e. The van der Waals surface area contributed by atoms with Gasteiger partial charge in [-0.05, 0) is 41.2 Å². The first-order valence-electron chi connectivity index (χ1n) is 5.92. The van der Waals surface area contributed by atoms with Crippen LogP contribution in [0.3, 0.4) is 0 Å². The Morgan fingerprint density at radius 3 is 2.17 bits per heavy atom. The molecule has 2 rings (SSSR count). The maximum Gasteiger partial charge on any atom is 0.229 e. The molecule has 4 nitrogen and oxygen atoms in total. The van der Waals surface area contributed by atoms with Crippen molar-refractivity contribution < 1.29 is 0 Å². The fourth-order valence-corrected chi connectivity index (χ4v) is 2.25. The third-order valence-corrected chi connectivity index (χ3v) is 3.44. The summed E-state index contributed by atoms with van der Waals surface area (Å²) in [6, 6.07) is 4.45. The van der Waals surface area contributed by atoms with Crippen molar-refractivity contribution in [2.24, 2.45) is 0 Å². The van der Waals surface area contributed by atoms with Gasteiger partial charge in [-0.25, -0.2) is 0 Å². The molecule has 1 aromatic carbocycles. The Hall–Kier alpha value is -1.49. The summed E-state index contributed by atoms with van der Waals surface area (Å²) >= 11 is 1.26. The fraction of sp³-hybridized carbons (Fsp3) is 0.462. The first kappa shape index (κ1) is 13.0. The van der Waals surface area contributed by atoms with Crippen LogP contribution in [-0.2, 0) is 5.41 Å². The van der Waals surface area contributed by atoms with E-state index in [1.807, 2.05) is 0 Å². The first-order valence-corrected chi connectivity index (χ1v) is 6.69. The highest BCUT2D eigenvalue weighted by atomic mass is 32.1. The molecule has 0 atom stereocenters. The number of anilines is 2. The zero-order valence-electron chi connectivity index (χ0n) is 11.4. The second-order valence-electron chi connectivity index (χ2n) is 5.53. The molecule has 1 N–H and O–H groups in total. The predicted molar refractivity (Wildman–Crippen MR) is 75.6 cm³/mol. The second kappa shape index (κ2) is 4.65. The summed E-state index contributed by atoms with van der Waals surface area (Å²) in [5.41, 5.74) is 5.04. The summed E-state index contributed by atoms with van der Waals surface area (Å²) in [6.45, 7) is 10.9. The molecule has 5 heteroatoms. The van der Waals surface area contributed by atoms with Crippen molar-refractivity contribution in [2.45, 2.75) is 40.0 Å². The number of benzene rings is 1. The summed E-state index contributed by atoms with van der Waals surface area (Å²) in [4.78, 5) is 0. The Kier molecular flexibility index (Phi) is 3.34. The topological polar surface area (TPSA) is 50.7 Å². The standard InChI is InChI=1S/C13H18N4S/c1-8-6-10(13(3,4)5)7-9(2)11(8)14-12-15-16-17-18-12/h6-7H,1-5H3,(H,14,15,17). The molecule has 0 bridgehead atoms. The van der Waals surface area contributed by atoms with Gasteiger partial charge in [0.05, 0.1) is 0 Å². The Bertz CT molecular complexity index is 518. The maximum absolute atomic E-state index is 3.91. The zero-order chi connectivity index (χ0) is 13.3. The highest BCUT2D eigenvalue weighted by molar-refractivity contribution is 7.09. The lowest BCUT2D eigenvalue weighted by atomic mass is 9.85. The van der Waals surface area contributed by atoms with Gasteiger partial charge in [0.2, 0.25) is 5.13 Å². The molecule has 0 spiro atoms. The molecule has 18 heavy (non-hydrogen) atoms. The van der Waals surface area contributed by atoms with Crippen LogP contribution in [0.5, 0.6) is 0 Å². The van der Waals surface area contributed by atoms with Gasteiger partial charge in [-0.15, -0.1) is 0 Å². The number of hydrogen-bond donors (Lipinski definition) is 1. The largest absolute Gasteiger partial charge is 0.328 e. The van der Waals surface area contributed by atoms with Gasteiger partial charge in [-0.1, -0.05) is 42.5 Å². The molecule has 0 unspecified atom stereocenters. The van der Waals surface area contributed by atoms with Crippen LogP contribution in [0.2, 0.25) is 0 Å². The van der Waals surface area contributed by atoms with Crippen molar-refractivity contribution in [2.75, 3.05) is 5.32 Å². The molecule has 0 radical (unpaired) electrons. The van der Waals surface area contributed by atoms with E-state index in [0.29, 0.717) is 0 Å². The van der Waals surface area contributed by atoms with E-state index in [-0.39, 0.29) is 5.41 Å². The summed E-state index contributed by atoms with van der Waals surface area (Å²) in [5, 5.41) is 11.5. The van der Waals surface area contributed by atoms with Gasteiger partial charge in [0, 0.05) is 17.2 Å². The van der Waals surface area contributed by atoms with Crippen LogP contribution >= 0.6 is 11.5 Å². The molecule has 1 heterocycles. The van der Waals surface area contributed by atoms with Gasteiger partial charge in [0.1, 0.15) is 0 Å². The van der Waals surface area contributed by atoms with E-state index >= 15 is 0 Å². The van der Waals surface area contributed by atoms with Gasteiger partial charge >= 0.3 is 0 Å². The van der Waals surface area contributed by atoms with Crippen molar-refractivity contribution in [3.8, 4) is 0 Å². The quantitative estimate of drug-likeness (QED) is 0.898. The molecule has 0 aliphatic carbocycles. The lowest BCUT2D eigenvalue weighted by Crippen LogP contribution is -2.12. The Morgan fingerprint density at radius 1 is 1.11 bits per heavy atom. The summed E-state index contributed by atoms with van der Waals surface area (Å²) in [7, 11) is 0. The number of nitrogens with one attached hydrogen (secondary N) is 1. The van der Waals surface area contributed by atoms with E-state index < -0.39 is 0 Å². The van der Waals surface area contributed by atoms with Crippen LogP contribution < -0.4 is 5.32 Å². The van der Waals surface area contributed by atoms with Crippen LogP contribution in [0.15, 0.2) is 12.1 Å². The third kappa shape index (κ3) is 2.67. The van der Waals surface area contributed by atoms with Crippen LogP contribution in [0.1, 0.15) is 37.5 Å². The SMILES string of the molecule is Cc1cc(C(C)(C)C)cc(C)c1Nc1nnns1. The zero-order valence-corrected chi connectivity index (χ0v) is 12.2. The van der Waals surface area contributed by atoms with E-state index in [9.17, 15) is 0 Å². The molecular weight excluding hydrogens is 244 g/mol. The number of rotatable bonds is 2. The Morgan fingerprint density at radius 2 is 1.72 bits per heavy atom. The van der Waals surface area contributed by atoms with Crippen molar-refractivity contribution in [3.05, 3.63) is 28.8 Å². The molecule has 0 aliphatic heterocycles. The fourth-order valence-electron chi connectivity index (χ4n) is 1.88. The average Bonchev–Trinajstić information content (AvgIpc) is 2.74. The summed E-state index contributed by atoms with van der Waals surface area (Å²) in [5.74, 6) is 0. The van der Waals surface area contributed by atoms with E-state index in [1.54, 1.807) is 0 Å². The van der Waals surface area contributed by atoms with E-state index in [1.165, 1.54) is 28.2 Å². The molecule has 1 aromatic heterocycles. The number of nitrogens with zero attached hydrogens (tertiary/aromatic N) is 3. The van der Waals surface area contributed by atoms with Crippen molar-refractivity contribution in [1.29, 1.82) is 0 Å². The molecule has 0 amide bonds. The monoisotopic (exact) mass is 262 g/mol. The van der Waals surface area contributed by atoms with Crippen molar-refractivity contribution in [1.82, 2.24) is 14.8 Å². The van der Waals surface area contributed by atoms with Crippen LogP contribution in [0, 0.1) is 13.8 Å². The summed E-state index contributed by atoms with van der Waals surface area (Å²) in [6.07, 6.45) is 0. The number of aromatic nitrogens is 3. The molecule has 2 aromatic rings. The van der Waals surface area contributed by atoms with Gasteiger partial charge in [0.15, 0.2) is 0 Å². The van der Waals surface area contributed by atoms with E-state index in [4.69, 9.17) is 0 Å². The minimum absolute atomic E-state index is 0.165. The van der Waals surface area contributed by atoms with Crippen LogP contribution in [0.4, 0.5) is 10.8 Å². The van der Waals surface area contributed by atoms with Crippen LogP contribution in [-0.4, -0.2) is 14.8 Å². The Labute approximate surface area is 112 Å². The summed E-state index contributed by atoms with van der Waals surface area (Å²) < 4.78 is 3.75. The van der Waals surface area contributed by atoms with Gasteiger partial charge in [0.25, 0.3) is 0 Å². The molecule has 0 fully saturated rings. The van der Waals surface area contributed by atoms with Gasteiger partial charge < -0.3 is 5.32 Å². The Balaban J connectivity index is 2.38. The third-order valence-electron chi connectivity index (χ3n) is 2.93. The number of aryl methyl sites for hydroxylation is 2. The maximum atomic E-state index is 3.91. The molecule has 96 valence electrons. The number of hydrogen-bond acceptors (Lipinski definition) is 5. The minimum atomic E-state index is 0.165. The molecule has 0 aliphatic rings. The van der Waals surface area contributed by atoms with E-state index in [2.05, 4.69) is 66.9 Å². The predicted octanol–water partition coefficient (Wildman–Crippen LogP) is 3.59. The average molecular weight is 262 g/mol. The van der Waals surface area contributed by atoms with E-state index in [0.717, 1.165) is 10.8 Å². The van der Waals surface area contributed by atoms with Gasteiger partial charge in [-0.3, -0.25) is 0 Å². The highest BCUT2D eigenvalue weighted by Crippen LogP contribution is 2.31. The lowest BCUT2D eigenvalue weighted by Gasteiger charge is -2.22. The molecule has 0 saturated carbocycles. The first-order chi connectivity index (χ1) is 8.38. The normalized spacial score (nSPS) is 11.6.